The molecule has 0 amide bonds. The van der Waals surface area contributed by atoms with Crippen LogP contribution in [0.15, 0.2) is 0 Å². The second kappa shape index (κ2) is 29.8. The van der Waals surface area contributed by atoms with Crippen molar-refractivity contribution in [1.29, 1.82) is 0 Å². The molecule has 0 saturated carbocycles. The molecule has 0 saturated heterocycles. The summed E-state index contributed by atoms with van der Waals surface area (Å²) in [5.41, 5.74) is 0. The van der Waals surface area contributed by atoms with E-state index in [1.165, 1.54) is 6.92 Å². The van der Waals surface area contributed by atoms with E-state index in [-0.39, 0.29) is 25.2 Å². The first-order chi connectivity index (χ1) is 17.7. The van der Waals surface area contributed by atoms with Crippen LogP contribution in [0.5, 0.6) is 0 Å². The predicted octanol–water partition coefficient (Wildman–Crippen LogP) is 1.03. The molecule has 0 fully saturated rings. The molecule has 0 aromatic heterocycles. The lowest BCUT2D eigenvalue weighted by atomic mass is 10.3. The van der Waals surface area contributed by atoms with E-state index in [1.807, 2.05) is 6.92 Å². The highest BCUT2D eigenvalue weighted by molar-refractivity contribution is 5.69. The summed E-state index contributed by atoms with van der Waals surface area (Å²) in [7, 11) is 0. The smallest absolute Gasteiger partial charge is 0.305 e. The number of esters is 2. The highest BCUT2D eigenvalue weighted by Gasteiger charge is 2.00. The highest BCUT2D eigenvalue weighted by atomic mass is 16.6. The minimum atomic E-state index is -0.313. The molecule has 0 rings (SSSR count). The van der Waals surface area contributed by atoms with Crippen molar-refractivity contribution < 1.29 is 57.0 Å². The fraction of sp³-hybridized carbons (Fsp3) is 0.917. The quantitative estimate of drug-likeness (QED) is 0.102. The van der Waals surface area contributed by atoms with Gasteiger partial charge in [-0.05, 0) is 6.42 Å². The maximum Gasteiger partial charge on any atom is 0.305 e. The Balaban J connectivity index is 3.05. The number of hydrogen-bond acceptors (Lipinski definition) is 12. The molecule has 0 aliphatic heterocycles. The zero-order valence-electron chi connectivity index (χ0n) is 22.0. The third-order valence-corrected chi connectivity index (χ3v) is 4.08. The van der Waals surface area contributed by atoms with Crippen LogP contribution >= 0.6 is 0 Å². The van der Waals surface area contributed by atoms with Gasteiger partial charge in [0.25, 0.3) is 0 Å². The molecule has 0 aromatic carbocycles. The van der Waals surface area contributed by atoms with Gasteiger partial charge < -0.3 is 47.4 Å². The van der Waals surface area contributed by atoms with Gasteiger partial charge in [-0.1, -0.05) is 6.92 Å². The van der Waals surface area contributed by atoms with E-state index in [0.717, 1.165) is 6.42 Å². The zero-order valence-corrected chi connectivity index (χ0v) is 22.0. The molecule has 0 heterocycles. The molecule has 0 spiro atoms. The maximum atomic E-state index is 11.1. The Hall–Kier alpha value is -1.38. The van der Waals surface area contributed by atoms with Gasteiger partial charge in [0.15, 0.2) is 0 Å². The third-order valence-electron chi connectivity index (χ3n) is 4.08. The van der Waals surface area contributed by atoms with Crippen molar-refractivity contribution in [2.45, 2.75) is 26.7 Å². The number of carbonyl (C=O) groups is 2. The lowest BCUT2D eigenvalue weighted by Crippen LogP contribution is -2.15. The average molecular weight is 527 g/mol. The minimum Gasteiger partial charge on any atom is -0.463 e. The van der Waals surface area contributed by atoms with Crippen molar-refractivity contribution in [2.75, 3.05) is 119 Å². The Bertz CT molecular complexity index is 478. The van der Waals surface area contributed by atoms with Gasteiger partial charge in [0.05, 0.1) is 106 Å². The predicted molar refractivity (Wildman–Crippen MR) is 129 cm³/mol. The normalized spacial score (nSPS) is 11.1. The summed E-state index contributed by atoms with van der Waals surface area (Å²) in [5, 5.41) is 0. The molecule has 0 bridgehead atoms. The first-order valence-electron chi connectivity index (χ1n) is 12.6. The number of ether oxygens (including phenoxy) is 10. The van der Waals surface area contributed by atoms with Crippen LogP contribution in [0.25, 0.3) is 0 Å². The van der Waals surface area contributed by atoms with Crippen molar-refractivity contribution in [3.8, 4) is 0 Å². The summed E-state index contributed by atoms with van der Waals surface area (Å²) in [6, 6.07) is 0. The van der Waals surface area contributed by atoms with Gasteiger partial charge in [0.1, 0.15) is 13.2 Å². The van der Waals surface area contributed by atoms with E-state index in [0.29, 0.717) is 112 Å². The van der Waals surface area contributed by atoms with E-state index in [1.54, 1.807) is 0 Å². The van der Waals surface area contributed by atoms with Crippen LogP contribution in [0.2, 0.25) is 0 Å². The Morgan fingerprint density at radius 3 is 0.917 bits per heavy atom. The molecule has 36 heavy (non-hydrogen) atoms. The van der Waals surface area contributed by atoms with Crippen molar-refractivity contribution in [2.24, 2.45) is 0 Å². The molecule has 0 aromatic rings. The van der Waals surface area contributed by atoms with Gasteiger partial charge in [-0.25, -0.2) is 0 Å². The number of rotatable bonds is 29. The molecular formula is C24H46O12. The summed E-state index contributed by atoms with van der Waals surface area (Å²) in [4.78, 5) is 21.7. The molecule has 214 valence electrons. The second-order valence-corrected chi connectivity index (χ2v) is 7.21. The van der Waals surface area contributed by atoms with Gasteiger partial charge in [-0.3, -0.25) is 9.59 Å². The Labute approximate surface area is 215 Å². The summed E-state index contributed by atoms with van der Waals surface area (Å²) in [6.07, 6.45) is 1.23. The van der Waals surface area contributed by atoms with E-state index in [4.69, 9.17) is 47.4 Å². The maximum absolute atomic E-state index is 11.1. The summed E-state index contributed by atoms with van der Waals surface area (Å²) in [6.45, 7) is 11.2. The first kappa shape index (κ1) is 34.6. The molecule has 0 unspecified atom stereocenters. The third kappa shape index (κ3) is 30.7. The van der Waals surface area contributed by atoms with E-state index in [2.05, 4.69) is 0 Å². The van der Waals surface area contributed by atoms with E-state index in [9.17, 15) is 9.59 Å². The average Bonchev–Trinajstić information content (AvgIpc) is 2.85. The van der Waals surface area contributed by atoms with Crippen molar-refractivity contribution in [1.82, 2.24) is 0 Å². The van der Waals surface area contributed by atoms with Crippen molar-refractivity contribution in [3.05, 3.63) is 0 Å². The molecule has 0 atom stereocenters. The number of carbonyl (C=O) groups excluding carboxylic acids is 2. The molecule has 0 aliphatic rings. The fourth-order valence-electron chi connectivity index (χ4n) is 2.38. The largest absolute Gasteiger partial charge is 0.463 e. The van der Waals surface area contributed by atoms with E-state index >= 15 is 0 Å². The van der Waals surface area contributed by atoms with Gasteiger partial charge in [-0.2, -0.15) is 0 Å². The zero-order chi connectivity index (χ0) is 26.4. The SMILES string of the molecule is CCCC(=O)OCCOCCOCCOCCOCCOCCOCCOCCOCCOC(C)=O. The van der Waals surface area contributed by atoms with Gasteiger partial charge in [0.2, 0.25) is 0 Å². The van der Waals surface area contributed by atoms with Crippen LogP contribution in [-0.2, 0) is 57.0 Å². The molecule has 0 N–H and O–H groups in total. The van der Waals surface area contributed by atoms with Crippen molar-refractivity contribution in [3.63, 3.8) is 0 Å². The topological polar surface area (TPSA) is 126 Å². The summed E-state index contributed by atoms with van der Waals surface area (Å²) < 4.78 is 52.7. The van der Waals surface area contributed by atoms with Crippen LogP contribution in [0.3, 0.4) is 0 Å². The highest BCUT2D eigenvalue weighted by Crippen LogP contribution is 1.91. The van der Waals surface area contributed by atoms with Crippen LogP contribution in [-0.4, -0.2) is 131 Å². The van der Waals surface area contributed by atoms with Gasteiger partial charge in [-0.15, -0.1) is 0 Å². The first-order valence-corrected chi connectivity index (χ1v) is 12.6. The molecule has 12 nitrogen and oxygen atoms in total. The van der Waals surface area contributed by atoms with E-state index < -0.39 is 0 Å². The van der Waals surface area contributed by atoms with Crippen LogP contribution < -0.4 is 0 Å². The Morgan fingerprint density at radius 2 is 0.667 bits per heavy atom. The standard InChI is InChI=1S/C24H46O12/c1-3-4-24(26)36-22-20-34-18-16-32-14-12-30-10-8-28-6-5-27-7-9-29-11-13-31-15-17-33-19-21-35-23(2)25/h3-22H2,1-2H3. The monoisotopic (exact) mass is 526 g/mol. The van der Waals surface area contributed by atoms with Crippen molar-refractivity contribution >= 4 is 11.9 Å². The number of hydrogen-bond donors (Lipinski definition) is 0. The lowest BCUT2D eigenvalue weighted by molar-refractivity contribution is -0.145. The Kier molecular flexibility index (Phi) is 28.7. The van der Waals surface area contributed by atoms with Crippen LogP contribution in [0.1, 0.15) is 26.7 Å². The van der Waals surface area contributed by atoms with Crippen LogP contribution in [0.4, 0.5) is 0 Å². The minimum absolute atomic E-state index is 0.190. The molecular weight excluding hydrogens is 480 g/mol. The molecule has 0 radical (unpaired) electrons. The lowest BCUT2D eigenvalue weighted by Gasteiger charge is -2.09. The molecule has 12 heteroatoms. The summed E-state index contributed by atoms with van der Waals surface area (Å²) in [5.74, 6) is -0.503. The summed E-state index contributed by atoms with van der Waals surface area (Å²) >= 11 is 0. The van der Waals surface area contributed by atoms with Gasteiger partial charge in [0, 0.05) is 13.3 Å². The van der Waals surface area contributed by atoms with Crippen LogP contribution in [0, 0.1) is 0 Å². The Morgan fingerprint density at radius 1 is 0.417 bits per heavy atom. The fourth-order valence-corrected chi connectivity index (χ4v) is 2.38. The van der Waals surface area contributed by atoms with Gasteiger partial charge >= 0.3 is 11.9 Å². The molecule has 0 aliphatic carbocycles. The second-order valence-electron chi connectivity index (χ2n) is 7.21.